The molecule has 1 aliphatic rings. The van der Waals surface area contributed by atoms with Gasteiger partial charge in [0, 0.05) is 12.0 Å². The molecule has 1 saturated heterocycles. The normalized spacial score (nSPS) is 35.8. The third kappa shape index (κ3) is 1.60. The first-order valence-electron chi connectivity index (χ1n) is 4.56. The van der Waals surface area contributed by atoms with Gasteiger partial charge >= 0.3 is 0 Å². The summed E-state index contributed by atoms with van der Waals surface area (Å²) in [4.78, 5) is 1.88. The quantitative estimate of drug-likeness (QED) is 0.626. The SMILES string of the molecule is CCN1CC(F)(F)CC1(C)CC. The van der Waals surface area contributed by atoms with Crippen molar-refractivity contribution in [3.05, 3.63) is 0 Å². The predicted octanol–water partition coefficient (Wildman–Crippen LogP) is 2.52. The van der Waals surface area contributed by atoms with Crippen LogP contribution in [0.15, 0.2) is 0 Å². The zero-order valence-electron chi connectivity index (χ0n) is 8.03. The van der Waals surface area contributed by atoms with Gasteiger partial charge in [-0.2, -0.15) is 0 Å². The van der Waals surface area contributed by atoms with Crippen LogP contribution < -0.4 is 0 Å². The molecule has 0 aromatic rings. The zero-order valence-corrected chi connectivity index (χ0v) is 8.03. The summed E-state index contributed by atoms with van der Waals surface area (Å²) in [6.07, 6.45) is 0.820. The molecule has 1 atom stereocenters. The van der Waals surface area contributed by atoms with Gasteiger partial charge in [-0.1, -0.05) is 13.8 Å². The minimum absolute atomic E-state index is 0.0182. The van der Waals surface area contributed by atoms with Crippen molar-refractivity contribution in [1.29, 1.82) is 0 Å². The minimum Gasteiger partial charge on any atom is -0.292 e. The maximum absolute atomic E-state index is 13.0. The third-order valence-electron chi connectivity index (χ3n) is 2.97. The Morgan fingerprint density at radius 1 is 1.33 bits per heavy atom. The summed E-state index contributed by atoms with van der Waals surface area (Å²) < 4.78 is 26.0. The first-order valence-corrected chi connectivity index (χ1v) is 4.56. The van der Waals surface area contributed by atoms with E-state index in [-0.39, 0.29) is 18.5 Å². The van der Waals surface area contributed by atoms with E-state index >= 15 is 0 Å². The Morgan fingerprint density at radius 3 is 2.25 bits per heavy atom. The van der Waals surface area contributed by atoms with E-state index in [4.69, 9.17) is 0 Å². The van der Waals surface area contributed by atoms with E-state index < -0.39 is 5.92 Å². The predicted molar refractivity (Wildman–Crippen MR) is 45.5 cm³/mol. The Hall–Kier alpha value is -0.180. The van der Waals surface area contributed by atoms with E-state index in [0.717, 1.165) is 13.0 Å². The van der Waals surface area contributed by atoms with Crippen molar-refractivity contribution in [3.63, 3.8) is 0 Å². The van der Waals surface area contributed by atoms with Gasteiger partial charge in [0.05, 0.1) is 6.54 Å². The highest BCUT2D eigenvalue weighted by Gasteiger charge is 2.50. The molecule has 1 rings (SSSR count). The van der Waals surface area contributed by atoms with Crippen LogP contribution in [0.4, 0.5) is 8.78 Å². The lowest BCUT2D eigenvalue weighted by Gasteiger charge is -2.32. The molecule has 0 radical (unpaired) electrons. The maximum atomic E-state index is 13.0. The molecule has 1 unspecified atom stereocenters. The number of halogens is 2. The van der Waals surface area contributed by atoms with Crippen LogP contribution in [0.2, 0.25) is 0 Å². The molecule has 0 aromatic heterocycles. The lowest BCUT2D eigenvalue weighted by atomic mass is 9.95. The minimum atomic E-state index is -2.47. The molecule has 0 amide bonds. The molecule has 3 heteroatoms. The molecule has 0 saturated carbocycles. The van der Waals surface area contributed by atoms with Gasteiger partial charge in [0.1, 0.15) is 0 Å². The molecular weight excluding hydrogens is 160 g/mol. The molecule has 72 valence electrons. The molecule has 0 N–H and O–H groups in total. The van der Waals surface area contributed by atoms with Crippen molar-refractivity contribution in [3.8, 4) is 0 Å². The van der Waals surface area contributed by atoms with Gasteiger partial charge in [0.15, 0.2) is 0 Å². The molecule has 1 aliphatic heterocycles. The summed E-state index contributed by atoms with van der Waals surface area (Å²) in [6.45, 7) is 6.50. The van der Waals surface area contributed by atoms with Crippen molar-refractivity contribution in [1.82, 2.24) is 4.90 Å². The summed E-state index contributed by atoms with van der Waals surface area (Å²) in [5.74, 6) is -2.47. The average molecular weight is 177 g/mol. The second kappa shape index (κ2) is 2.95. The van der Waals surface area contributed by atoms with E-state index in [2.05, 4.69) is 0 Å². The van der Waals surface area contributed by atoms with Gasteiger partial charge in [0.25, 0.3) is 5.92 Å². The number of hydrogen-bond acceptors (Lipinski definition) is 1. The van der Waals surface area contributed by atoms with Gasteiger partial charge in [-0.05, 0) is 19.9 Å². The molecule has 1 nitrogen and oxygen atoms in total. The topological polar surface area (TPSA) is 3.24 Å². The number of rotatable bonds is 2. The van der Waals surface area contributed by atoms with Crippen molar-refractivity contribution < 1.29 is 8.78 Å². The lowest BCUT2D eigenvalue weighted by Crippen LogP contribution is -2.40. The molecule has 12 heavy (non-hydrogen) atoms. The number of hydrogen-bond donors (Lipinski definition) is 0. The number of alkyl halides is 2. The van der Waals surface area contributed by atoms with E-state index in [1.54, 1.807) is 0 Å². The van der Waals surface area contributed by atoms with Gasteiger partial charge < -0.3 is 0 Å². The molecule has 1 heterocycles. The van der Waals surface area contributed by atoms with E-state index in [9.17, 15) is 8.78 Å². The van der Waals surface area contributed by atoms with Gasteiger partial charge in [-0.25, -0.2) is 8.78 Å². The van der Waals surface area contributed by atoms with Crippen LogP contribution in [0, 0.1) is 0 Å². The largest absolute Gasteiger partial charge is 0.292 e. The lowest BCUT2D eigenvalue weighted by molar-refractivity contribution is 0.0117. The molecule has 1 fully saturated rings. The average Bonchev–Trinajstić information content (AvgIpc) is 2.22. The standard InChI is InChI=1S/C9H17F2N/c1-4-8(3)6-9(10,11)7-12(8)5-2/h4-7H2,1-3H3. The molecular formula is C9H17F2N. The van der Waals surface area contributed by atoms with Crippen molar-refractivity contribution in [2.45, 2.75) is 45.1 Å². The van der Waals surface area contributed by atoms with Crippen LogP contribution in [0.25, 0.3) is 0 Å². The second-order valence-electron chi connectivity index (χ2n) is 3.90. The van der Waals surface area contributed by atoms with Gasteiger partial charge in [-0.15, -0.1) is 0 Å². The van der Waals surface area contributed by atoms with Crippen LogP contribution in [-0.4, -0.2) is 29.5 Å². The van der Waals surface area contributed by atoms with Crippen LogP contribution in [0.1, 0.15) is 33.6 Å². The van der Waals surface area contributed by atoms with Gasteiger partial charge in [0.2, 0.25) is 0 Å². The van der Waals surface area contributed by atoms with Crippen molar-refractivity contribution in [2.75, 3.05) is 13.1 Å². The summed E-state index contributed by atoms with van der Waals surface area (Å²) in [5, 5.41) is 0. The van der Waals surface area contributed by atoms with Crippen molar-refractivity contribution >= 4 is 0 Å². The molecule has 0 aliphatic carbocycles. The van der Waals surface area contributed by atoms with Crippen LogP contribution in [-0.2, 0) is 0 Å². The highest BCUT2D eigenvalue weighted by atomic mass is 19.3. The zero-order chi connectivity index (χ0) is 9.41. The van der Waals surface area contributed by atoms with Crippen molar-refractivity contribution in [2.24, 2.45) is 0 Å². The first kappa shape index (κ1) is 9.90. The van der Waals surface area contributed by atoms with Crippen LogP contribution in [0.3, 0.4) is 0 Å². The third-order valence-corrected chi connectivity index (χ3v) is 2.97. The maximum Gasteiger partial charge on any atom is 0.262 e. The molecule has 0 spiro atoms. The fourth-order valence-electron chi connectivity index (χ4n) is 2.04. The second-order valence-corrected chi connectivity index (χ2v) is 3.90. The first-order chi connectivity index (χ1) is 5.43. The van der Waals surface area contributed by atoms with Crippen LogP contribution in [0.5, 0.6) is 0 Å². The summed E-state index contributed by atoms with van der Waals surface area (Å²) in [7, 11) is 0. The Bertz CT molecular complexity index is 170. The smallest absolute Gasteiger partial charge is 0.262 e. The summed E-state index contributed by atoms with van der Waals surface area (Å²) in [5.41, 5.74) is -0.280. The van der Waals surface area contributed by atoms with E-state index in [1.807, 2.05) is 25.7 Å². The summed E-state index contributed by atoms with van der Waals surface area (Å²) >= 11 is 0. The Morgan fingerprint density at radius 2 is 1.92 bits per heavy atom. The summed E-state index contributed by atoms with van der Waals surface area (Å²) in [6, 6.07) is 0. The fraction of sp³-hybridized carbons (Fsp3) is 1.00. The highest BCUT2D eigenvalue weighted by molar-refractivity contribution is 4.98. The fourth-order valence-corrected chi connectivity index (χ4v) is 2.04. The Balaban J connectivity index is 2.76. The van der Waals surface area contributed by atoms with E-state index in [1.165, 1.54) is 0 Å². The number of likely N-dealkylation sites (tertiary alicyclic amines) is 1. The van der Waals surface area contributed by atoms with Crippen LogP contribution >= 0.6 is 0 Å². The van der Waals surface area contributed by atoms with Gasteiger partial charge in [-0.3, -0.25) is 4.90 Å². The Kier molecular flexibility index (Phi) is 2.43. The molecule has 0 bridgehead atoms. The number of nitrogens with zero attached hydrogens (tertiary/aromatic N) is 1. The Labute approximate surface area is 72.7 Å². The van der Waals surface area contributed by atoms with E-state index in [0.29, 0.717) is 0 Å². The molecule has 0 aromatic carbocycles. The monoisotopic (exact) mass is 177 g/mol. The highest BCUT2D eigenvalue weighted by Crippen LogP contribution is 2.40.